The van der Waals surface area contributed by atoms with Crippen molar-refractivity contribution in [1.29, 1.82) is 0 Å². The number of hydrogen-bond acceptors (Lipinski definition) is 2. The van der Waals surface area contributed by atoms with E-state index in [0.29, 0.717) is 11.6 Å². The first-order valence-corrected chi connectivity index (χ1v) is 7.36. The molecule has 0 spiro atoms. The fourth-order valence-corrected chi connectivity index (χ4v) is 2.53. The fourth-order valence-electron chi connectivity index (χ4n) is 2.29. The van der Waals surface area contributed by atoms with Crippen LogP contribution < -0.4 is 10.1 Å². The molecule has 3 aromatic rings. The van der Waals surface area contributed by atoms with Crippen molar-refractivity contribution >= 4 is 28.2 Å². The van der Waals surface area contributed by atoms with Crippen molar-refractivity contribution in [3.8, 4) is 5.75 Å². The molecule has 3 nitrogen and oxygen atoms in total. The Labute approximate surface area is 128 Å². The Morgan fingerprint density at radius 3 is 2.86 bits per heavy atom. The maximum atomic E-state index is 6.18. The van der Waals surface area contributed by atoms with Crippen LogP contribution in [0.5, 0.6) is 5.75 Å². The predicted octanol–water partition coefficient (Wildman–Crippen LogP) is 4.83. The van der Waals surface area contributed by atoms with Crippen LogP contribution in [-0.2, 0) is 6.54 Å². The van der Waals surface area contributed by atoms with Crippen LogP contribution in [0.4, 0.5) is 5.69 Å². The molecule has 108 valence electrons. The summed E-state index contributed by atoms with van der Waals surface area (Å²) in [5.41, 5.74) is 3.35. The Morgan fingerprint density at radius 1 is 1.14 bits per heavy atom. The molecule has 4 heteroatoms. The monoisotopic (exact) mass is 300 g/mol. The van der Waals surface area contributed by atoms with Crippen LogP contribution in [-0.4, -0.2) is 11.6 Å². The van der Waals surface area contributed by atoms with Gasteiger partial charge in [-0.05, 0) is 48.2 Å². The minimum absolute atomic E-state index is 0.614. The van der Waals surface area contributed by atoms with Gasteiger partial charge in [0.05, 0.1) is 11.6 Å². The van der Waals surface area contributed by atoms with Gasteiger partial charge in [0.2, 0.25) is 0 Å². The molecule has 0 atom stereocenters. The third kappa shape index (κ3) is 3.14. The van der Waals surface area contributed by atoms with Crippen LogP contribution in [0, 0.1) is 0 Å². The molecule has 0 aliphatic rings. The lowest BCUT2D eigenvalue weighted by Crippen LogP contribution is -2.00. The number of nitrogens with one attached hydrogen (secondary N) is 2. The Bertz CT molecular complexity index is 751. The molecule has 1 aromatic heterocycles. The van der Waals surface area contributed by atoms with Gasteiger partial charge in [-0.3, -0.25) is 0 Å². The van der Waals surface area contributed by atoms with Crippen LogP contribution in [0.25, 0.3) is 10.9 Å². The molecule has 0 radical (unpaired) electrons. The summed E-state index contributed by atoms with van der Waals surface area (Å²) < 4.78 is 5.43. The Hall–Kier alpha value is -2.13. The number of halogens is 1. The maximum Gasteiger partial charge on any atom is 0.138 e. The average molecular weight is 301 g/mol. The van der Waals surface area contributed by atoms with Crippen molar-refractivity contribution in [2.75, 3.05) is 11.9 Å². The van der Waals surface area contributed by atoms with Crippen molar-refractivity contribution in [3.05, 3.63) is 59.2 Å². The van der Waals surface area contributed by atoms with E-state index in [1.807, 2.05) is 31.3 Å². The third-order valence-electron chi connectivity index (χ3n) is 3.35. The van der Waals surface area contributed by atoms with Gasteiger partial charge in [0.15, 0.2) is 0 Å². The van der Waals surface area contributed by atoms with E-state index >= 15 is 0 Å². The molecule has 0 bridgehead atoms. The average Bonchev–Trinajstić information content (AvgIpc) is 2.95. The summed E-state index contributed by atoms with van der Waals surface area (Å²) in [5.74, 6) is 0.720. The molecule has 21 heavy (non-hydrogen) atoms. The number of benzene rings is 2. The summed E-state index contributed by atoms with van der Waals surface area (Å²) >= 11 is 6.18. The van der Waals surface area contributed by atoms with Crippen molar-refractivity contribution in [1.82, 2.24) is 4.98 Å². The van der Waals surface area contributed by atoms with Crippen molar-refractivity contribution in [2.24, 2.45) is 0 Å². The molecule has 3 rings (SSSR count). The smallest absolute Gasteiger partial charge is 0.138 e. The maximum absolute atomic E-state index is 6.18. The van der Waals surface area contributed by atoms with E-state index < -0.39 is 0 Å². The van der Waals surface area contributed by atoms with Gasteiger partial charge in [0.1, 0.15) is 5.75 Å². The second-order valence-corrected chi connectivity index (χ2v) is 5.24. The minimum atomic E-state index is 0.614. The van der Waals surface area contributed by atoms with E-state index in [9.17, 15) is 0 Å². The van der Waals surface area contributed by atoms with Crippen LogP contribution in [0.3, 0.4) is 0 Å². The Kier molecular flexibility index (Phi) is 4.02. The largest absolute Gasteiger partial charge is 0.492 e. The molecule has 0 amide bonds. The van der Waals surface area contributed by atoms with E-state index in [2.05, 4.69) is 34.6 Å². The highest BCUT2D eigenvalue weighted by atomic mass is 35.5. The molecule has 0 aliphatic heterocycles. The normalized spacial score (nSPS) is 10.8. The van der Waals surface area contributed by atoms with Gasteiger partial charge in [-0.1, -0.05) is 23.7 Å². The molecular weight excluding hydrogens is 284 g/mol. The number of aromatic nitrogens is 1. The molecular formula is C17H17ClN2O. The van der Waals surface area contributed by atoms with E-state index in [1.165, 1.54) is 10.9 Å². The molecule has 2 aromatic carbocycles. The summed E-state index contributed by atoms with van der Waals surface area (Å²) in [6.07, 6.45) is 1.95. The van der Waals surface area contributed by atoms with Crippen molar-refractivity contribution < 1.29 is 4.74 Å². The predicted molar refractivity (Wildman–Crippen MR) is 88.2 cm³/mol. The van der Waals surface area contributed by atoms with Gasteiger partial charge in [0.25, 0.3) is 0 Å². The number of rotatable bonds is 5. The lowest BCUT2D eigenvalue weighted by molar-refractivity contribution is 0.340. The topological polar surface area (TPSA) is 37.0 Å². The second kappa shape index (κ2) is 6.10. The summed E-state index contributed by atoms with van der Waals surface area (Å²) in [6, 6.07) is 14.2. The van der Waals surface area contributed by atoms with Gasteiger partial charge < -0.3 is 15.0 Å². The van der Waals surface area contributed by atoms with Crippen LogP contribution in [0.2, 0.25) is 5.02 Å². The van der Waals surface area contributed by atoms with E-state index in [-0.39, 0.29) is 0 Å². The minimum Gasteiger partial charge on any atom is -0.492 e. The second-order valence-electron chi connectivity index (χ2n) is 4.83. The molecule has 2 N–H and O–H groups in total. The quantitative estimate of drug-likeness (QED) is 0.708. The first-order valence-electron chi connectivity index (χ1n) is 6.98. The van der Waals surface area contributed by atoms with Gasteiger partial charge in [-0.15, -0.1) is 0 Å². The number of aromatic amines is 1. The summed E-state index contributed by atoms with van der Waals surface area (Å²) in [5, 5.41) is 5.23. The molecule has 0 unspecified atom stereocenters. The third-order valence-corrected chi connectivity index (χ3v) is 3.64. The van der Waals surface area contributed by atoms with Crippen LogP contribution in [0.15, 0.2) is 48.7 Å². The first-order chi connectivity index (χ1) is 10.3. The summed E-state index contributed by atoms with van der Waals surface area (Å²) in [7, 11) is 0. The Morgan fingerprint density at radius 2 is 2.05 bits per heavy atom. The van der Waals surface area contributed by atoms with E-state index in [4.69, 9.17) is 16.3 Å². The molecule has 1 heterocycles. The highest BCUT2D eigenvalue weighted by molar-refractivity contribution is 6.32. The lowest BCUT2D eigenvalue weighted by Gasteiger charge is -2.10. The summed E-state index contributed by atoms with van der Waals surface area (Å²) in [6.45, 7) is 3.31. The van der Waals surface area contributed by atoms with Crippen LogP contribution in [0.1, 0.15) is 12.5 Å². The SMILES string of the molecule is CCOc1ccc(NCc2ccc3cc[nH]c3c2)cc1Cl. The van der Waals surface area contributed by atoms with Gasteiger partial charge in [-0.25, -0.2) is 0 Å². The lowest BCUT2D eigenvalue weighted by atomic mass is 10.1. The molecule has 0 saturated heterocycles. The van der Waals surface area contributed by atoms with Gasteiger partial charge >= 0.3 is 0 Å². The van der Waals surface area contributed by atoms with Gasteiger partial charge in [-0.2, -0.15) is 0 Å². The number of fused-ring (bicyclic) bond motifs is 1. The number of ether oxygens (including phenoxy) is 1. The standard InChI is InChI=1S/C17H17ClN2O/c1-2-21-17-6-5-14(10-15(17)18)20-11-12-3-4-13-7-8-19-16(13)9-12/h3-10,19-20H,2,11H2,1H3. The van der Waals surface area contributed by atoms with Crippen molar-refractivity contribution in [3.63, 3.8) is 0 Å². The van der Waals surface area contributed by atoms with Gasteiger partial charge in [0, 0.05) is 23.9 Å². The first kappa shape index (κ1) is 13.8. The highest BCUT2D eigenvalue weighted by Gasteiger charge is 2.03. The van der Waals surface area contributed by atoms with Crippen LogP contribution >= 0.6 is 11.6 Å². The molecule has 0 aliphatic carbocycles. The fraction of sp³-hybridized carbons (Fsp3) is 0.176. The molecule has 0 fully saturated rings. The highest BCUT2D eigenvalue weighted by Crippen LogP contribution is 2.28. The zero-order valence-electron chi connectivity index (χ0n) is 11.8. The zero-order chi connectivity index (χ0) is 14.7. The Balaban J connectivity index is 1.70. The summed E-state index contributed by atoms with van der Waals surface area (Å²) in [4.78, 5) is 3.22. The van der Waals surface area contributed by atoms with Crippen molar-refractivity contribution in [2.45, 2.75) is 13.5 Å². The molecule has 0 saturated carbocycles. The van der Waals surface area contributed by atoms with E-state index in [1.54, 1.807) is 0 Å². The van der Waals surface area contributed by atoms with E-state index in [0.717, 1.165) is 23.5 Å². The number of hydrogen-bond donors (Lipinski definition) is 2. The number of anilines is 1. The zero-order valence-corrected chi connectivity index (χ0v) is 12.6. The number of H-pyrrole nitrogens is 1.